The van der Waals surface area contributed by atoms with E-state index in [4.69, 9.17) is 4.74 Å². The third-order valence-corrected chi connectivity index (χ3v) is 2.48. The number of esters is 1. The number of hydrogen-bond donors (Lipinski definition) is 0. The second-order valence-electron chi connectivity index (χ2n) is 3.98. The molecular weight excluding hydrogens is 216 g/mol. The lowest BCUT2D eigenvalue weighted by Gasteiger charge is -2.03. The number of aromatic nitrogens is 2. The zero-order chi connectivity index (χ0) is 12.3. The molecule has 0 saturated heterocycles. The van der Waals surface area contributed by atoms with Crippen LogP contribution in [0.25, 0.3) is 0 Å². The average molecular weight is 236 g/mol. The summed E-state index contributed by atoms with van der Waals surface area (Å²) in [5.41, 5.74) is 0. The molecule has 0 bridgehead atoms. The summed E-state index contributed by atoms with van der Waals surface area (Å²) in [4.78, 5) is 19.1. The Morgan fingerprint density at radius 3 is 2.47 bits per heavy atom. The minimum Gasteiger partial charge on any atom is -0.460 e. The van der Waals surface area contributed by atoms with Gasteiger partial charge in [0.05, 0.1) is 6.61 Å². The van der Waals surface area contributed by atoms with Gasteiger partial charge < -0.3 is 4.74 Å². The van der Waals surface area contributed by atoms with E-state index >= 15 is 0 Å². The molecule has 94 valence electrons. The zero-order valence-corrected chi connectivity index (χ0v) is 10.4. The number of carbonyl (C=O) groups is 1. The fourth-order valence-corrected chi connectivity index (χ4v) is 1.52. The Morgan fingerprint density at radius 2 is 1.76 bits per heavy atom. The molecule has 0 unspecified atom stereocenters. The van der Waals surface area contributed by atoms with Crippen molar-refractivity contribution in [3.05, 3.63) is 24.3 Å². The normalized spacial score (nSPS) is 10.2. The number of nitrogens with zero attached hydrogens (tertiary/aromatic N) is 2. The number of unbranched alkanes of at least 4 members (excludes halogenated alkanes) is 5. The van der Waals surface area contributed by atoms with Gasteiger partial charge in [-0.25, -0.2) is 14.8 Å². The van der Waals surface area contributed by atoms with Crippen molar-refractivity contribution in [2.45, 2.75) is 45.4 Å². The standard InChI is InChI=1S/C13H20N2O2/c1-2-3-4-5-6-7-11-17-13(16)12-14-9-8-10-15-12/h8-10H,2-7,11H2,1H3. The van der Waals surface area contributed by atoms with Crippen LogP contribution in [0.4, 0.5) is 0 Å². The second-order valence-corrected chi connectivity index (χ2v) is 3.98. The summed E-state index contributed by atoms with van der Waals surface area (Å²) in [5, 5.41) is 0. The van der Waals surface area contributed by atoms with Gasteiger partial charge in [0, 0.05) is 12.4 Å². The van der Waals surface area contributed by atoms with Gasteiger partial charge in [0.2, 0.25) is 5.82 Å². The van der Waals surface area contributed by atoms with Gasteiger partial charge in [-0.3, -0.25) is 0 Å². The van der Waals surface area contributed by atoms with E-state index in [0.717, 1.165) is 12.8 Å². The predicted octanol–water partition coefficient (Wildman–Crippen LogP) is 2.99. The maximum Gasteiger partial charge on any atom is 0.376 e. The Hall–Kier alpha value is -1.45. The maximum absolute atomic E-state index is 11.4. The van der Waals surface area contributed by atoms with E-state index in [0.29, 0.717) is 6.61 Å². The van der Waals surface area contributed by atoms with E-state index in [9.17, 15) is 4.79 Å². The van der Waals surface area contributed by atoms with Crippen LogP contribution in [0.2, 0.25) is 0 Å². The summed E-state index contributed by atoms with van der Waals surface area (Å²) >= 11 is 0. The molecule has 1 aromatic heterocycles. The highest BCUT2D eigenvalue weighted by Gasteiger charge is 2.08. The van der Waals surface area contributed by atoms with Gasteiger partial charge in [-0.1, -0.05) is 39.0 Å². The van der Waals surface area contributed by atoms with Crippen LogP contribution in [-0.2, 0) is 4.74 Å². The largest absolute Gasteiger partial charge is 0.460 e. The lowest BCUT2D eigenvalue weighted by Crippen LogP contribution is -2.10. The maximum atomic E-state index is 11.4. The molecule has 0 N–H and O–H groups in total. The number of carbonyl (C=O) groups excluding carboxylic acids is 1. The van der Waals surface area contributed by atoms with E-state index in [2.05, 4.69) is 16.9 Å². The number of hydrogen-bond acceptors (Lipinski definition) is 4. The topological polar surface area (TPSA) is 52.1 Å². The van der Waals surface area contributed by atoms with Crippen molar-refractivity contribution in [2.75, 3.05) is 6.61 Å². The first-order valence-corrected chi connectivity index (χ1v) is 6.28. The van der Waals surface area contributed by atoms with Crippen LogP contribution in [0, 0.1) is 0 Å². The number of ether oxygens (including phenoxy) is 1. The zero-order valence-electron chi connectivity index (χ0n) is 10.4. The van der Waals surface area contributed by atoms with E-state index < -0.39 is 5.97 Å². The average Bonchev–Trinajstić information content (AvgIpc) is 2.38. The quantitative estimate of drug-likeness (QED) is 0.514. The van der Waals surface area contributed by atoms with Gasteiger partial charge in [-0.15, -0.1) is 0 Å². The number of rotatable bonds is 8. The molecule has 0 amide bonds. The van der Waals surface area contributed by atoms with Crippen LogP contribution in [0.3, 0.4) is 0 Å². The van der Waals surface area contributed by atoms with Gasteiger partial charge in [-0.2, -0.15) is 0 Å². The predicted molar refractivity (Wildman–Crippen MR) is 65.7 cm³/mol. The van der Waals surface area contributed by atoms with Crippen molar-refractivity contribution in [3.63, 3.8) is 0 Å². The van der Waals surface area contributed by atoms with Gasteiger partial charge in [0.15, 0.2) is 0 Å². The van der Waals surface area contributed by atoms with Gasteiger partial charge in [0.1, 0.15) is 0 Å². The molecule has 0 aliphatic carbocycles. The Labute approximate surface area is 102 Å². The van der Waals surface area contributed by atoms with Crippen molar-refractivity contribution in [3.8, 4) is 0 Å². The first-order valence-electron chi connectivity index (χ1n) is 6.28. The highest BCUT2D eigenvalue weighted by atomic mass is 16.5. The van der Waals surface area contributed by atoms with E-state index in [1.807, 2.05) is 0 Å². The fourth-order valence-electron chi connectivity index (χ4n) is 1.52. The van der Waals surface area contributed by atoms with Crippen LogP contribution >= 0.6 is 0 Å². The molecule has 0 aromatic carbocycles. The first kappa shape index (κ1) is 13.6. The minimum absolute atomic E-state index is 0.137. The molecule has 1 rings (SSSR count). The molecule has 0 spiro atoms. The Bertz CT molecular complexity index is 314. The van der Waals surface area contributed by atoms with Crippen LogP contribution in [-0.4, -0.2) is 22.5 Å². The summed E-state index contributed by atoms with van der Waals surface area (Å²) in [7, 11) is 0. The van der Waals surface area contributed by atoms with Crippen LogP contribution in [0.15, 0.2) is 18.5 Å². The van der Waals surface area contributed by atoms with Gasteiger partial charge in [-0.05, 0) is 12.5 Å². The Morgan fingerprint density at radius 1 is 1.12 bits per heavy atom. The third-order valence-electron chi connectivity index (χ3n) is 2.48. The highest BCUT2D eigenvalue weighted by molar-refractivity contribution is 5.84. The van der Waals surface area contributed by atoms with Crippen LogP contribution in [0.5, 0.6) is 0 Å². The molecular formula is C13H20N2O2. The van der Waals surface area contributed by atoms with Crippen molar-refractivity contribution >= 4 is 5.97 Å². The van der Waals surface area contributed by atoms with Crippen LogP contribution < -0.4 is 0 Å². The van der Waals surface area contributed by atoms with E-state index in [1.165, 1.54) is 38.1 Å². The lowest BCUT2D eigenvalue weighted by molar-refractivity contribution is 0.0483. The summed E-state index contributed by atoms with van der Waals surface area (Å²) in [6.45, 7) is 2.66. The molecule has 4 nitrogen and oxygen atoms in total. The first-order chi connectivity index (χ1) is 8.34. The SMILES string of the molecule is CCCCCCCCOC(=O)c1ncccn1. The minimum atomic E-state index is -0.431. The molecule has 17 heavy (non-hydrogen) atoms. The molecule has 0 aliphatic heterocycles. The van der Waals surface area contributed by atoms with Gasteiger partial charge >= 0.3 is 5.97 Å². The molecule has 4 heteroatoms. The van der Waals surface area contributed by atoms with E-state index in [-0.39, 0.29) is 5.82 Å². The summed E-state index contributed by atoms with van der Waals surface area (Å²) in [6.07, 6.45) is 10.1. The summed E-state index contributed by atoms with van der Waals surface area (Å²) in [6, 6.07) is 1.67. The highest BCUT2D eigenvalue weighted by Crippen LogP contribution is 2.05. The molecule has 1 heterocycles. The smallest absolute Gasteiger partial charge is 0.376 e. The summed E-state index contributed by atoms with van der Waals surface area (Å²) < 4.78 is 5.07. The molecule has 0 fully saturated rings. The molecule has 0 saturated carbocycles. The van der Waals surface area contributed by atoms with Crippen molar-refractivity contribution in [1.29, 1.82) is 0 Å². The van der Waals surface area contributed by atoms with Crippen molar-refractivity contribution in [1.82, 2.24) is 9.97 Å². The lowest BCUT2D eigenvalue weighted by atomic mass is 10.1. The fraction of sp³-hybridized carbons (Fsp3) is 0.615. The molecule has 1 aromatic rings. The Kier molecular flexibility index (Phi) is 6.95. The second kappa shape index (κ2) is 8.67. The monoisotopic (exact) mass is 236 g/mol. The Balaban J connectivity index is 2.05. The molecule has 0 radical (unpaired) electrons. The van der Waals surface area contributed by atoms with Crippen molar-refractivity contribution in [2.24, 2.45) is 0 Å². The van der Waals surface area contributed by atoms with Gasteiger partial charge in [0.25, 0.3) is 0 Å². The molecule has 0 aliphatic rings. The third kappa shape index (κ3) is 6.00. The van der Waals surface area contributed by atoms with Crippen LogP contribution in [0.1, 0.15) is 56.1 Å². The van der Waals surface area contributed by atoms with Crippen molar-refractivity contribution < 1.29 is 9.53 Å². The molecule has 0 atom stereocenters. The van der Waals surface area contributed by atoms with E-state index in [1.54, 1.807) is 6.07 Å². The summed E-state index contributed by atoms with van der Waals surface area (Å²) in [5.74, 6) is -0.294.